The van der Waals surface area contributed by atoms with Gasteiger partial charge in [0, 0.05) is 11.6 Å². The summed E-state index contributed by atoms with van der Waals surface area (Å²) >= 11 is 6.30. The van der Waals surface area contributed by atoms with Crippen molar-refractivity contribution in [3.05, 3.63) is 99.6 Å². The van der Waals surface area contributed by atoms with Gasteiger partial charge in [-0.2, -0.15) is 0 Å². The highest BCUT2D eigenvalue weighted by molar-refractivity contribution is 6.52. The molecule has 174 valence electrons. The molecular formula is C26H20ClF2NO4. The number of ketones is 1. The Bertz CT molecular complexity index is 1340. The molecule has 1 fully saturated rings. The summed E-state index contributed by atoms with van der Waals surface area (Å²) in [6.07, 6.45) is 0. The van der Waals surface area contributed by atoms with Crippen molar-refractivity contribution in [1.29, 1.82) is 0 Å². The standard InChI is InChI=1S/C26H20ClF2NO4/c1-3-34-17-8-9-19(27)18(13-17)24(31)22-23(15-6-4-5-14(2)11-15)30(26(33)25(22)32)21-12-16(28)7-10-20(21)29/h4-13,23,31H,3H2,1-2H3/b24-22+. The Hall–Kier alpha value is -3.71. The zero-order valence-electron chi connectivity index (χ0n) is 18.3. The fourth-order valence-corrected chi connectivity index (χ4v) is 4.20. The van der Waals surface area contributed by atoms with Crippen LogP contribution in [-0.4, -0.2) is 23.4 Å². The molecule has 0 saturated carbocycles. The summed E-state index contributed by atoms with van der Waals surface area (Å²) in [7, 11) is 0. The number of Topliss-reactive ketones (excluding diaryl/α,β-unsaturated/α-hetero) is 1. The number of anilines is 1. The number of aliphatic hydroxyl groups excluding tert-OH is 1. The molecule has 3 aromatic rings. The molecule has 5 nitrogen and oxygen atoms in total. The highest BCUT2D eigenvalue weighted by Crippen LogP contribution is 2.44. The van der Waals surface area contributed by atoms with Crippen molar-refractivity contribution >= 4 is 34.7 Å². The number of hydrogen-bond donors (Lipinski definition) is 1. The number of hydrogen-bond acceptors (Lipinski definition) is 4. The SMILES string of the molecule is CCOc1ccc(Cl)c(/C(O)=C2\C(=O)C(=O)N(c3cc(F)ccc3F)C2c2cccc(C)c2)c1. The molecule has 34 heavy (non-hydrogen) atoms. The van der Waals surface area contributed by atoms with Gasteiger partial charge in [0.05, 0.1) is 28.9 Å². The number of carbonyl (C=O) groups is 2. The second kappa shape index (κ2) is 9.27. The smallest absolute Gasteiger partial charge is 0.300 e. The molecule has 1 N–H and O–H groups in total. The summed E-state index contributed by atoms with van der Waals surface area (Å²) in [6, 6.07) is 12.8. The van der Waals surface area contributed by atoms with Crippen molar-refractivity contribution in [2.45, 2.75) is 19.9 Å². The van der Waals surface area contributed by atoms with Crippen molar-refractivity contribution in [1.82, 2.24) is 0 Å². The van der Waals surface area contributed by atoms with Gasteiger partial charge in [-0.1, -0.05) is 41.4 Å². The third-order valence-corrected chi connectivity index (χ3v) is 5.80. The molecule has 1 aliphatic rings. The first-order valence-corrected chi connectivity index (χ1v) is 10.9. The van der Waals surface area contributed by atoms with E-state index in [1.54, 1.807) is 44.2 Å². The van der Waals surface area contributed by atoms with E-state index in [1.807, 2.05) is 0 Å². The quantitative estimate of drug-likeness (QED) is 0.276. The predicted octanol–water partition coefficient (Wildman–Crippen LogP) is 5.95. The molecule has 0 aromatic heterocycles. The van der Waals surface area contributed by atoms with Crippen molar-refractivity contribution in [2.75, 3.05) is 11.5 Å². The molecule has 8 heteroatoms. The Balaban J connectivity index is 2.00. The van der Waals surface area contributed by atoms with Crippen LogP contribution in [0.2, 0.25) is 5.02 Å². The lowest BCUT2D eigenvalue weighted by Crippen LogP contribution is -2.30. The zero-order chi connectivity index (χ0) is 24.6. The summed E-state index contributed by atoms with van der Waals surface area (Å²) in [5, 5.41) is 11.4. The van der Waals surface area contributed by atoms with Crippen molar-refractivity contribution in [3.8, 4) is 5.75 Å². The average molecular weight is 484 g/mol. The van der Waals surface area contributed by atoms with E-state index < -0.39 is 40.8 Å². The Morgan fingerprint density at radius 1 is 1.09 bits per heavy atom. The maximum absolute atomic E-state index is 14.8. The third kappa shape index (κ3) is 4.15. The number of aliphatic hydroxyl groups is 1. The van der Waals surface area contributed by atoms with Crippen LogP contribution in [0.25, 0.3) is 5.76 Å². The van der Waals surface area contributed by atoms with Crippen molar-refractivity contribution in [2.24, 2.45) is 0 Å². The van der Waals surface area contributed by atoms with Gasteiger partial charge < -0.3 is 9.84 Å². The Labute approximate surface area is 199 Å². The van der Waals surface area contributed by atoms with E-state index in [0.29, 0.717) is 17.9 Å². The van der Waals surface area contributed by atoms with Crippen LogP contribution < -0.4 is 9.64 Å². The number of aryl methyl sites for hydroxylation is 1. The summed E-state index contributed by atoms with van der Waals surface area (Å²) in [5.74, 6) is -3.98. The first-order valence-electron chi connectivity index (χ1n) is 10.5. The van der Waals surface area contributed by atoms with Crippen molar-refractivity contribution < 1.29 is 28.2 Å². The van der Waals surface area contributed by atoms with Gasteiger partial charge in [-0.05, 0) is 49.7 Å². The lowest BCUT2D eigenvalue weighted by molar-refractivity contribution is -0.132. The van der Waals surface area contributed by atoms with Gasteiger partial charge >= 0.3 is 0 Å². The van der Waals surface area contributed by atoms with Crippen LogP contribution in [-0.2, 0) is 9.59 Å². The Kier molecular flexibility index (Phi) is 6.39. The molecule has 0 aliphatic carbocycles. The van der Waals surface area contributed by atoms with Crippen LogP contribution in [0.3, 0.4) is 0 Å². The third-order valence-electron chi connectivity index (χ3n) is 5.47. The molecule has 1 unspecified atom stereocenters. The predicted molar refractivity (Wildman–Crippen MR) is 125 cm³/mol. The molecule has 0 spiro atoms. The molecule has 1 heterocycles. The molecule has 1 atom stereocenters. The number of ether oxygens (including phenoxy) is 1. The largest absolute Gasteiger partial charge is 0.507 e. The van der Waals surface area contributed by atoms with E-state index in [1.165, 1.54) is 12.1 Å². The molecule has 1 amide bonds. The molecule has 4 rings (SSSR count). The second-order valence-electron chi connectivity index (χ2n) is 7.75. The molecule has 1 aliphatic heterocycles. The minimum absolute atomic E-state index is 0.0722. The monoisotopic (exact) mass is 483 g/mol. The first-order chi connectivity index (χ1) is 16.2. The lowest BCUT2D eigenvalue weighted by atomic mass is 9.94. The minimum Gasteiger partial charge on any atom is -0.507 e. The maximum atomic E-state index is 14.8. The Morgan fingerprint density at radius 2 is 1.85 bits per heavy atom. The molecule has 3 aromatic carbocycles. The number of nitrogens with zero attached hydrogens (tertiary/aromatic N) is 1. The van der Waals surface area contributed by atoms with Gasteiger partial charge in [0.15, 0.2) is 0 Å². The van der Waals surface area contributed by atoms with Gasteiger partial charge in [0.25, 0.3) is 11.7 Å². The van der Waals surface area contributed by atoms with Gasteiger partial charge in [-0.15, -0.1) is 0 Å². The summed E-state index contributed by atoms with van der Waals surface area (Å²) in [4.78, 5) is 27.2. The minimum atomic E-state index is -1.22. The zero-order valence-corrected chi connectivity index (χ0v) is 19.1. The van der Waals surface area contributed by atoms with E-state index in [-0.39, 0.29) is 16.2 Å². The number of carbonyl (C=O) groups excluding carboxylic acids is 2. The van der Waals surface area contributed by atoms with Crippen LogP contribution >= 0.6 is 11.6 Å². The van der Waals surface area contributed by atoms with Gasteiger partial charge in [0.1, 0.15) is 23.1 Å². The fraction of sp³-hybridized carbons (Fsp3) is 0.154. The highest BCUT2D eigenvalue weighted by atomic mass is 35.5. The van der Waals surface area contributed by atoms with Crippen molar-refractivity contribution in [3.63, 3.8) is 0 Å². The van der Waals surface area contributed by atoms with E-state index in [0.717, 1.165) is 28.7 Å². The number of halogens is 3. The molecule has 1 saturated heterocycles. The van der Waals surface area contributed by atoms with Gasteiger partial charge in [-0.25, -0.2) is 8.78 Å². The van der Waals surface area contributed by atoms with E-state index in [2.05, 4.69) is 0 Å². The van der Waals surface area contributed by atoms with Gasteiger partial charge in [0.2, 0.25) is 0 Å². The maximum Gasteiger partial charge on any atom is 0.300 e. The first kappa shape index (κ1) is 23.4. The van der Waals surface area contributed by atoms with Crippen LogP contribution in [0.1, 0.15) is 29.7 Å². The lowest BCUT2D eigenvalue weighted by Gasteiger charge is -2.26. The number of benzene rings is 3. The normalized spacial score (nSPS) is 17.3. The van der Waals surface area contributed by atoms with E-state index in [9.17, 15) is 23.5 Å². The molecular weight excluding hydrogens is 464 g/mol. The fourth-order valence-electron chi connectivity index (χ4n) is 3.99. The number of rotatable bonds is 5. The van der Waals surface area contributed by atoms with Crippen LogP contribution in [0.5, 0.6) is 5.75 Å². The van der Waals surface area contributed by atoms with Crippen LogP contribution in [0.15, 0.2) is 66.2 Å². The highest BCUT2D eigenvalue weighted by Gasteiger charge is 2.48. The summed E-state index contributed by atoms with van der Waals surface area (Å²) in [6.45, 7) is 3.94. The molecule has 0 bridgehead atoms. The summed E-state index contributed by atoms with van der Waals surface area (Å²) < 4.78 is 34.2. The van der Waals surface area contributed by atoms with Crippen LogP contribution in [0, 0.1) is 18.6 Å². The topological polar surface area (TPSA) is 66.8 Å². The van der Waals surface area contributed by atoms with Crippen LogP contribution in [0.4, 0.5) is 14.5 Å². The Morgan fingerprint density at radius 3 is 2.56 bits per heavy atom. The van der Waals surface area contributed by atoms with E-state index >= 15 is 0 Å². The van der Waals surface area contributed by atoms with E-state index in [4.69, 9.17) is 16.3 Å². The molecule has 0 radical (unpaired) electrons. The van der Waals surface area contributed by atoms with Gasteiger partial charge in [-0.3, -0.25) is 14.5 Å². The second-order valence-corrected chi connectivity index (χ2v) is 8.16. The average Bonchev–Trinajstić information content (AvgIpc) is 3.07. The number of amides is 1. The summed E-state index contributed by atoms with van der Waals surface area (Å²) in [5.41, 5.74) is 0.597.